The summed E-state index contributed by atoms with van der Waals surface area (Å²) in [6, 6.07) is 7.98. The molecule has 1 aliphatic heterocycles. The minimum Gasteiger partial charge on any atom is -0.339 e. The molecule has 5 heteroatoms. The van der Waals surface area contributed by atoms with Crippen molar-refractivity contribution < 1.29 is 4.52 Å². The van der Waals surface area contributed by atoms with Gasteiger partial charge in [-0.15, -0.1) is 0 Å². The zero-order valence-electron chi connectivity index (χ0n) is 9.90. The van der Waals surface area contributed by atoms with E-state index in [1.807, 2.05) is 24.3 Å². The molecule has 18 heavy (non-hydrogen) atoms. The van der Waals surface area contributed by atoms with Crippen molar-refractivity contribution in [2.45, 2.75) is 25.3 Å². The zero-order chi connectivity index (χ0) is 12.4. The van der Waals surface area contributed by atoms with Crippen molar-refractivity contribution in [3.8, 4) is 11.4 Å². The summed E-state index contributed by atoms with van der Waals surface area (Å²) in [5.41, 5.74) is 0.813. The second-order valence-corrected chi connectivity index (χ2v) is 4.90. The average Bonchev–Trinajstić information content (AvgIpc) is 3.02. The van der Waals surface area contributed by atoms with Crippen LogP contribution in [0.25, 0.3) is 11.4 Å². The quantitative estimate of drug-likeness (QED) is 0.925. The summed E-state index contributed by atoms with van der Waals surface area (Å²) in [5, 5.41) is 8.05. The van der Waals surface area contributed by atoms with Crippen LogP contribution in [0.2, 0.25) is 5.02 Å². The molecular formula is C13H14ClN3O. The Morgan fingerprint density at radius 3 is 3.06 bits per heavy atom. The maximum atomic E-state index is 6.10. The van der Waals surface area contributed by atoms with Gasteiger partial charge in [-0.2, -0.15) is 4.98 Å². The summed E-state index contributed by atoms with van der Waals surface area (Å²) in [6.45, 7) is 1.08. The molecule has 94 valence electrons. The van der Waals surface area contributed by atoms with Gasteiger partial charge in [0, 0.05) is 18.0 Å². The first kappa shape index (κ1) is 11.7. The molecule has 0 bridgehead atoms. The smallest absolute Gasteiger partial charge is 0.228 e. The van der Waals surface area contributed by atoms with Gasteiger partial charge in [-0.25, -0.2) is 0 Å². The van der Waals surface area contributed by atoms with Gasteiger partial charge in [0.2, 0.25) is 11.7 Å². The molecule has 0 aliphatic carbocycles. The molecule has 3 rings (SSSR count). The van der Waals surface area contributed by atoms with Gasteiger partial charge >= 0.3 is 0 Å². The van der Waals surface area contributed by atoms with Crippen LogP contribution in [0.15, 0.2) is 28.8 Å². The number of halogens is 1. The van der Waals surface area contributed by atoms with Crippen molar-refractivity contribution in [3.63, 3.8) is 0 Å². The lowest BCUT2D eigenvalue weighted by atomic mass is 10.1. The highest BCUT2D eigenvalue weighted by Crippen LogP contribution is 2.25. The first-order chi connectivity index (χ1) is 8.83. The Labute approximate surface area is 110 Å². The van der Waals surface area contributed by atoms with Crippen LogP contribution in [-0.4, -0.2) is 22.7 Å². The molecule has 2 heterocycles. The monoisotopic (exact) mass is 263 g/mol. The average molecular weight is 264 g/mol. The lowest BCUT2D eigenvalue weighted by molar-refractivity contribution is 0.364. The second-order valence-electron chi connectivity index (χ2n) is 4.49. The molecule has 0 amide bonds. The van der Waals surface area contributed by atoms with Crippen LogP contribution in [0.1, 0.15) is 18.7 Å². The summed E-state index contributed by atoms with van der Waals surface area (Å²) < 4.78 is 5.28. The van der Waals surface area contributed by atoms with Gasteiger partial charge in [-0.1, -0.05) is 28.9 Å². The maximum Gasteiger partial charge on any atom is 0.228 e. The standard InChI is InChI=1S/C13H14ClN3O/c14-11-6-2-1-5-10(11)13-16-12(18-17-13)8-9-4-3-7-15-9/h1-2,5-6,9,15H,3-4,7-8H2. The van der Waals surface area contributed by atoms with E-state index >= 15 is 0 Å². The fourth-order valence-electron chi connectivity index (χ4n) is 2.23. The molecule has 1 saturated heterocycles. The van der Waals surface area contributed by atoms with Gasteiger partial charge in [0.1, 0.15) is 0 Å². The SMILES string of the molecule is Clc1ccccc1-c1noc(CC2CCCN2)n1. The number of rotatable bonds is 3. The van der Waals surface area contributed by atoms with Crippen LogP contribution in [-0.2, 0) is 6.42 Å². The summed E-state index contributed by atoms with van der Waals surface area (Å²) in [6.07, 6.45) is 3.18. The van der Waals surface area contributed by atoms with Crippen LogP contribution >= 0.6 is 11.6 Å². The van der Waals surface area contributed by atoms with E-state index in [0.717, 1.165) is 18.5 Å². The van der Waals surface area contributed by atoms with Crippen molar-refractivity contribution >= 4 is 11.6 Å². The van der Waals surface area contributed by atoms with Crippen LogP contribution in [0.4, 0.5) is 0 Å². The summed E-state index contributed by atoms with van der Waals surface area (Å²) in [4.78, 5) is 4.40. The van der Waals surface area contributed by atoms with Gasteiger partial charge in [0.25, 0.3) is 0 Å². The Morgan fingerprint density at radius 2 is 2.28 bits per heavy atom. The highest BCUT2D eigenvalue weighted by atomic mass is 35.5. The normalized spacial score (nSPS) is 19.3. The summed E-state index contributed by atoms with van der Waals surface area (Å²) in [7, 11) is 0. The number of hydrogen-bond acceptors (Lipinski definition) is 4. The first-order valence-electron chi connectivity index (χ1n) is 6.14. The number of benzene rings is 1. The van der Waals surface area contributed by atoms with Crippen molar-refractivity contribution in [1.29, 1.82) is 0 Å². The Kier molecular flexibility index (Phi) is 3.30. The topological polar surface area (TPSA) is 51.0 Å². The first-order valence-corrected chi connectivity index (χ1v) is 6.51. The third kappa shape index (κ3) is 2.40. The third-order valence-electron chi connectivity index (χ3n) is 3.17. The van der Waals surface area contributed by atoms with Crippen LogP contribution in [0.3, 0.4) is 0 Å². The Bertz CT molecular complexity index is 535. The largest absolute Gasteiger partial charge is 0.339 e. The molecule has 1 unspecified atom stereocenters. The van der Waals surface area contributed by atoms with Crippen molar-refractivity contribution in [3.05, 3.63) is 35.2 Å². The molecular weight excluding hydrogens is 250 g/mol. The van der Waals surface area contributed by atoms with Gasteiger partial charge in [0.05, 0.1) is 5.02 Å². The molecule has 1 fully saturated rings. The molecule has 1 N–H and O–H groups in total. The van der Waals surface area contributed by atoms with Crippen LogP contribution in [0, 0.1) is 0 Å². The van der Waals surface area contributed by atoms with Gasteiger partial charge in [-0.3, -0.25) is 0 Å². The lowest BCUT2D eigenvalue weighted by Gasteiger charge is -2.04. The predicted octanol–water partition coefficient (Wildman–Crippen LogP) is 2.68. The summed E-state index contributed by atoms with van der Waals surface area (Å²) >= 11 is 6.10. The lowest BCUT2D eigenvalue weighted by Crippen LogP contribution is -2.23. The Balaban J connectivity index is 1.79. The summed E-state index contributed by atoms with van der Waals surface area (Å²) in [5.74, 6) is 1.23. The highest BCUT2D eigenvalue weighted by Gasteiger charge is 2.18. The minimum atomic E-state index is 0.463. The minimum absolute atomic E-state index is 0.463. The van der Waals surface area contributed by atoms with Gasteiger partial charge in [0.15, 0.2) is 0 Å². The fraction of sp³-hybridized carbons (Fsp3) is 0.385. The highest BCUT2D eigenvalue weighted by molar-refractivity contribution is 6.33. The Morgan fingerprint density at radius 1 is 1.39 bits per heavy atom. The van der Waals surface area contributed by atoms with Crippen molar-refractivity contribution in [2.24, 2.45) is 0 Å². The third-order valence-corrected chi connectivity index (χ3v) is 3.50. The number of nitrogens with one attached hydrogen (secondary N) is 1. The van der Waals surface area contributed by atoms with E-state index in [1.54, 1.807) is 0 Å². The van der Waals surface area contributed by atoms with Gasteiger partial charge < -0.3 is 9.84 Å². The van der Waals surface area contributed by atoms with Gasteiger partial charge in [-0.05, 0) is 31.5 Å². The number of aromatic nitrogens is 2. The molecule has 1 atom stereocenters. The van der Waals surface area contributed by atoms with E-state index in [1.165, 1.54) is 12.8 Å². The molecule has 1 aromatic heterocycles. The number of hydrogen-bond donors (Lipinski definition) is 1. The molecule has 1 aliphatic rings. The molecule has 0 saturated carbocycles. The van der Waals surface area contributed by atoms with E-state index < -0.39 is 0 Å². The molecule has 0 radical (unpaired) electrons. The van der Waals surface area contributed by atoms with E-state index in [4.69, 9.17) is 16.1 Å². The van der Waals surface area contributed by atoms with Crippen molar-refractivity contribution in [2.75, 3.05) is 6.54 Å². The van der Waals surface area contributed by atoms with E-state index in [-0.39, 0.29) is 0 Å². The van der Waals surface area contributed by atoms with E-state index in [0.29, 0.717) is 22.8 Å². The van der Waals surface area contributed by atoms with E-state index in [2.05, 4.69) is 15.5 Å². The maximum absolute atomic E-state index is 6.10. The number of nitrogens with zero attached hydrogens (tertiary/aromatic N) is 2. The molecule has 2 aromatic rings. The van der Waals surface area contributed by atoms with E-state index in [9.17, 15) is 0 Å². The molecule has 4 nitrogen and oxygen atoms in total. The van der Waals surface area contributed by atoms with Crippen molar-refractivity contribution in [1.82, 2.24) is 15.5 Å². The zero-order valence-corrected chi connectivity index (χ0v) is 10.7. The molecule has 1 aromatic carbocycles. The second kappa shape index (κ2) is 5.08. The predicted molar refractivity (Wildman–Crippen MR) is 69.5 cm³/mol. The fourth-order valence-corrected chi connectivity index (χ4v) is 2.45. The molecule has 0 spiro atoms. The van der Waals surface area contributed by atoms with Crippen LogP contribution in [0.5, 0.6) is 0 Å². The van der Waals surface area contributed by atoms with Crippen LogP contribution < -0.4 is 5.32 Å². The Hall–Kier alpha value is -1.39.